The maximum atomic E-state index is 14.6. The molecule has 6 aliphatic rings. The molecule has 5 fully saturated rings. The molecular formula is C32H50O5. The minimum absolute atomic E-state index is 0.0221. The standard InChI is InChI=1S/C32H50O5/c1-27(2)13-14-31(19-34)21(16-27)20-15-22(35)26-30-9-5-6-10-32(26,29(20,4)17-25(31)37)12-7-23(30)28(3,18-33)24(36)8-11-30/h15,21,23-26,33-34,36-37H,5-14,16-19H2,1-4H3. The van der Waals surface area contributed by atoms with Gasteiger partial charge in [-0.25, -0.2) is 0 Å². The molecule has 0 radical (unpaired) electrons. The fourth-order valence-corrected chi connectivity index (χ4v) is 11.9. The number of carbonyl (C=O) groups is 1. The molecular weight excluding hydrogens is 464 g/mol. The second kappa shape index (κ2) is 8.15. The normalized spacial score (nSPS) is 54.6. The Labute approximate surface area is 223 Å². The Morgan fingerprint density at radius 2 is 1.57 bits per heavy atom. The van der Waals surface area contributed by atoms with Crippen molar-refractivity contribution in [3.05, 3.63) is 11.6 Å². The molecule has 37 heavy (non-hydrogen) atoms. The Kier molecular flexibility index (Phi) is 5.83. The Hall–Kier alpha value is -0.750. The summed E-state index contributed by atoms with van der Waals surface area (Å²) in [5.74, 6) is 0.314. The molecule has 2 bridgehead atoms. The number of hydrogen-bond acceptors (Lipinski definition) is 5. The van der Waals surface area contributed by atoms with Crippen molar-refractivity contribution in [2.24, 2.45) is 50.2 Å². The average molecular weight is 515 g/mol. The SMILES string of the molecule is CC1(C)CCC2(CO)C(O)CC3(C)C(=CC(=O)C4C56CCCCC43CCC5C(C)(CO)C(O)CC6)C2C1. The molecule has 5 nitrogen and oxygen atoms in total. The van der Waals surface area contributed by atoms with Gasteiger partial charge in [-0.3, -0.25) is 4.79 Å². The maximum Gasteiger partial charge on any atom is 0.159 e. The van der Waals surface area contributed by atoms with Gasteiger partial charge in [-0.2, -0.15) is 0 Å². The molecule has 6 aliphatic carbocycles. The molecule has 0 aromatic rings. The highest BCUT2D eigenvalue weighted by molar-refractivity contribution is 5.96. The number of aliphatic hydroxyl groups is 4. The van der Waals surface area contributed by atoms with E-state index in [9.17, 15) is 25.2 Å². The molecule has 5 heteroatoms. The first-order valence-electron chi connectivity index (χ1n) is 15.2. The van der Waals surface area contributed by atoms with Crippen LogP contribution >= 0.6 is 0 Å². The molecule has 0 saturated heterocycles. The number of fused-ring (bicyclic) bond motifs is 3. The van der Waals surface area contributed by atoms with Gasteiger partial charge >= 0.3 is 0 Å². The maximum absolute atomic E-state index is 14.6. The molecule has 6 rings (SSSR count). The molecule has 0 aliphatic heterocycles. The lowest BCUT2D eigenvalue weighted by molar-refractivity contribution is -0.230. The van der Waals surface area contributed by atoms with Crippen LogP contribution in [0.4, 0.5) is 0 Å². The minimum Gasteiger partial charge on any atom is -0.396 e. The van der Waals surface area contributed by atoms with Crippen molar-refractivity contribution in [2.75, 3.05) is 13.2 Å². The van der Waals surface area contributed by atoms with E-state index in [1.54, 1.807) is 0 Å². The third kappa shape index (κ3) is 3.09. The summed E-state index contributed by atoms with van der Waals surface area (Å²) >= 11 is 0. The average Bonchev–Trinajstić information content (AvgIpc) is 2.96. The van der Waals surface area contributed by atoms with Crippen LogP contribution in [-0.2, 0) is 4.79 Å². The van der Waals surface area contributed by atoms with E-state index in [2.05, 4.69) is 27.7 Å². The largest absolute Gasteiger partial charge is 0.396 e. The smallest absolute Gasteiger partial charge is 0.159 e. The van der Waals surface area contributed by atoms with Crippen molar-refractivity contribution in [2.45, 2.75) is 117 Å². The Morgan fingerprint density at radius 3 is 2.27 bits per heavy atom. The van der Waals surface area contributed by atoms with Crippen molar-refractivity contribution in [3.8, 4) is 0 Å². The molecule has 10 unspecified atom stereocenters. The minimum atomic E-state index is -0.578. The van der Waals surface area contributed by atoms with Crippen LogP contribution in [0.5, 0.6) is 0 Å². The molecule has 208 valence electrons. The van der Waals surface area contributed by atoms with Gasteiger partial charge in [0.2, 0.25) is 0 Å². The third-order valence-electron chi connectivity index (χ3n) is 14.0. The number of ketones is 1. The zero-order valence-corrected chi connectivity index (χ0v) is 23.6. The second-order valence-electron chi connectivity index (χ2n) is 15.7. The molecule has 1 spiro atoms. The molecule has 0 aromatic heterocycles. The van der Waals surface area contributed by atoms with Crippen molar-refractivity contribution in [3.63, 3.8) is 0 Å². The summed E-state index contributed by atoms with van der Waals surface area (Å²) < 4.78 is 0. The number of carbonyl (C=O) groups excluding carboxylic acids is 1. The van der Waals surface area contributed by atoms with E-state index in [1.165, 1.54) is 5.57 Å². The van der Waals surface area contributed by atoms with Gasteiger partial charge in [-0.05, 0) is 104 Å². The quantitative estimate of drug-likeness (QED) is 0.424. The summed E-state index contributed by atoms with van der Waals surface area (Å²) in [5.41, 5.74) is -0.461. The van der Waals surface area contributed by atoms with Crippen LogP contribution in [0.25, 0.3) is 0 Å². The van der Waals surface area contributed by atoms with Crippen LogP contribution in [0.2, 0.25) is 0 Å². The van der Waals surface area contributed by atoms with E-state index < -0.39 is 23.0 Å². The third-order valence-corrected chi connectivity index (χ3v) is 14.0. The van der Waals surface area contributed by atoms with E-state index in [4.69, 9.17) is 0 Å². The van der Waals surface area contributed by atoms with Gasteiger partial charge in [0.05, 0.1) is 25.4 Å². The Bertz CT molecular complexity index is 1000. The lowest BCUT2D eigenvalue weighted by Gasteiger charge is -2.72. The summed E-state index contributed by atoms with van der Waals surface area (Å²) in [4.78, 5) is 14.6. The zero-order valence-electron chi connectivity index (χ0n) is 23.6. The highest BCUT2D eigenvalue weighted by Gasteiger charge is 2.74. The van der Waals surface area contributed by atoms with Gasteiger partial charge < -0.3 is 20.4 Å². The molecule has 10 atom stereocenters. The number of rotatable bonds is 2. The van der Waals surface area contributed by atoms with Crippen LogP contribution in [0, 0.1) is 50.2 Å². The van der Waals surface area contributed by atoms with Gasteiger partial charge in [0.15, 0.2) is 5.78 Å². The van der Waals surface area contributed by atoms with Gasteiger partial charge in [0.1, 0.15) is 0 Å². The highest BCUT2D eigenvalue weighted by Crippen LogP contribution is 2.77. The van der Waals surface area contributed by atoms with Crippen LogP contribution in [-0.4, -0.2) is 51.6 Å². The fraction of sp³-hybridized carbons (Fsp3) is 0.906. The lowest BCUT2D eigenvalue weighted by atomic mass is 9.32. The van der Waals surface area contributed by atoms with E-state index in [0.717, 1.165) is 64.2 Å². The van der Waals surface area contributed by atoms with Crippen molar-refractivity contribution in [1.29, 1.82) is 0 Å². The van der Waals surface area contributed by atoms with E-state index >= 15 is 0 Å². The summed E-state index contributed by atoms with van der Waals surface area (Å²) in [6.45, 7) is 8.96. The molecule has 0 amide bonds. The van der Waals surface area contributed by atoms with Crippen LogP contribution in [0.3, 0.4) is 0 Å². The first kappa shape index (κ1) is 26.5. The van der Waals surface area contributed by atoms with E-state index in [-0.39, 0.29) is 58.4 Å². The second-order valence-corrected chi connectivity index (χ2v) is 15.7. The Morgan fingerprint density at radius 1 is 0.838 bits per heavy atom. The molecule has 5 saturated carbocycles. The highest BCUT2D eigenvalue weighted by atomic mass is 16.3. The lowest BCUT2D eigenvalue weighted by Crippen LogP contribution is -2.70. The first-order chi connectivity index (χ1) is 17.4. The van der Waals surface area contributed by atoms with Gasteiger partial charge in [0.25, 0.3) is 0 Å². The predicted octanol–water partition coefficient (Wildman–Crippen LogP) is 4.80. The van der Waals surface area contributed by atoms with Crippen LogP contribution in [0.15, 0.2) is 11.6 Å². The van der Waals surface area contributed by atoms with Crippen molar-refractivity contribution >= 4 is 5.78 Å². The van der Waals surface area contributed by atoms with E-state index in [1.807, 2.05) is 6.08 Å². The summed E-state index contributed by atoms with van der Waals surface area (Å²) in [6, 6.07) is 0. The topological polar surface area (TPSA) is 98.0 Å². The zero-order chi connectivity index (χ0) is 26.6. The summed E-state index contributed by atoms with van der Waals surface area (Å²) in [5, 5.41) is 44.3. The first-order valence-corrected chi connectivity index (χ1v) is 15.2. The Balaban J connectivity index is 1.55. The molecule has 4 N–H and O–H groups in total. The van der Waals surface area contributed by atoms with Gasteiger partial charge in [0, 0.05) is 16.7 Å². The monoisotopic (exact) mass is 514 g/mol. The predicted molar refractivity (Wildman–Crippen MR) is 142 cm³/mol. The number of allylic oxidation sites excluding steroid dienone is 2. The van der Waals surface area contributed by atoms with Gasteiger partial charge in [-0.15, -0.1) is 0 Å². The summed E-state index contributed by atoms with van der Waals surface area (Å²) in [6.07, 6.45) is 11.8. The number of hydrogen-bond donors (Lipinski definition) is 4. The van der Waals surface area contributed by atoms with Crippen LogP contribution < -0.4 is 0 Å². The van der Waals surface area contributed by atoms with Gasteiger partial charge in [-0.1, -0.05) is 46.1 Å². The van der Waals surface area contributed by atoms with Crippen molar-refractivity contribution < 1.29 is 25.2 Å². The molecule has 0 heterocycles. The number of aliphatic hydroxyl groups excluding tert-OH is 4. The van der Waals surface area contributed by atoms with Crippen molar-refractivity contribution in [1.82, 2.24) is 0 Å². The summed E-state index contributed by atoms with van der Waals surface area (Å²) in [7, 11) is 0. The van der Waals surface area contributed by atoms with Crippen LogP contribution in [0.1, 0.15) is 105 Å². The molecule has 0 aromatic carbocycles. The fourth-order valence-electron chi connectivity index (χ4n) is 11.9. The van der Waals surface area contributed by atoms with E-state index in [0.29, 0.717) is 12.8 Å².